The van der Waals surface area contributed by atoms with Gasteiger partial charge in [0.15, 0.2) is 0 Å². The predicted molar refractivity (Wildman–Crippen MR) is 73.7 cm³/mol. The van der Waals surface area contributed by atoms with Crippen LogP contribution in [0.15, 0.2) is 42.5 Å². The molecule has 0 radical (unpaired) electrons. The molecule has 86 valence electrons. The average Bonchev–Trinajstić information content (AvgIpc) is 2.36. The SMILES string of the molecule is C#CCCC(N)Cc1ccc2ccccc2c1. The standard InChI is InChI=1S/C16H17N/c1-2-3-8-16(17)12-13-9-10-14-6-4-5-7-15(14)11-13/h1,4-7,9-11,16H,3,8,12,17H2. The lowest BCUT2D eigenvalue weighted by atomic mass is 10.00. The molecule has 0 fully saturated rings. The maximum Gasteiger partial charge on any atom is 0.0101 e. The first kappa shape index (κ1) is 11.7. The largest absolute Gasteiger partial charge is 0.327 e. The highest BCUT2D eigenvalue weighted by Crippen LogP contribution is 2.16. The molecular formula is C16H17N. The molecule has 1 atom stereocenters. The van der Waals surface area contributed by atoms with Crippen LogP contribution in [0.3, 0.4) is 0 Å². The highest BCUT2D eigenvalue weighted by molar-refractivity contribution is 5.82. The van der Waals surface area contributed by atoms with E-state index in [1.165, 1.54) is 16.3 Å². The predicted octanol–water partition coefficient (Wildman–Crippen LogP) is 3.12. The molecule has 1 nitrogen and oxygen atoms in total. The van der Waals surface area contributed by atoms with E-state index in [1.54, 1.807) is 0 Å². The van der Waals surface area contributed by atoms with Gasteiger partial charge in [-0.05, 0) is 29.2 Å². The summed E-state index contributed by atoms with van der Waals surface area (Å²) < 4.78 is 0. The Balaban J connectivity index is 2.11. The van der Waals surface area contributed by atoms with Gasteiger partial charge in [-0.1, -0.05) is 42.5 Å². The normalized spacial score (nSPS) is 12.2. The Bertz CT molecular complexity index is 536. The van der Waals surface area contributed by atoms with Gasteiger partial charge < -0.3 is 5.73 Å². The zero-order valence-corrected chi connectivity index (χ0v) is 9.89. The van der Waals surface area contributed by atoms with Crippen LogP contribution in [0.4, 0.5) is 0 Å². The van der Waals surface area contributed by atoms with Gasteiger partial charge in [-0.2, -0.15) is 0 Å². The van der Waals surface area contributed by atoms with E-state index in [0.717, 1.165) is 19.3 Å². The summed E-state index contributed by atoms with van der Waals surface area (Å²) in [4.78, 5) is 0. The summed E-state index contributed by atoms with van der Waals surface area (Å²) in [6.07, 6.45) is 7.79. The van der Waals surface area contributed by atoms with Gasteiger partial charge >= 0.3 is 0 Å². The van der Waals surface area contributed by atoms with Crippen molar-refractivity contribution in [1.82, 2.24) is 0 Å². The summed E-state index contributed by atoms with van der Waals surface area (Å²) in [5, 5.41) is 2.54. The monoisotopic (exact) mass is 223 g/mol. The molecule has 2 aromatic carbocycles. The smallest absolute Gasteiger partial charge is 0.0101 e. The number of rotatable bonds is 4. The zero-order valence-electron chi connectivity index (χ0n) is 9.89. The highest BCUT2D eigenvalue weighted by atomic mass is 14.6. The first-order chi connectivity index (χ1) is 8.29. The van der Waals surface area contributed by atoms with E-state index >= 15 is 0 Å². The quantitative estimate of drug-likeness (QED) is 0.792. The minimum absolute atomic E-state index is 0.159. The molecule has 0 aliphatic carbocycles. The van der Waals surface area contributed by atoms with Crippen molar-refractivity contribution in [3.63, 3.8) is 0 Å². The van der Waals surface area contributed by atoms with Gasteiger partial charge in [0, 0.05) is 12.5 Å². The van der Waals surface area contributed by atoms with Crippen molar-refractivity contribution in [2.24, 2.45) is 5.73 Å². The number of hydrogen-bond acceptors (Lipinski definition) is 1. The molecule has 1 unspecified atom stereocenters. The maximum atomic E-state index is 6.04. The van der Waals surface area contributed by atoms with Gasteiger partial charge in [-0.3, -0.25) is 0 Å². The van der Waals surface area contributed by atoms with Crippen molar-refractivity contribution in [3.8, 4) is 12.3 Å². The van der Waals surface area contributed by atoms with Crippen LogP contribution in [0.5, 0.6) is 0 Å². The van der Waals surface area contributed by atoms with Crippen molar-refractivity contribution in [2.45, 2.75) is 25.3 Å². The minimum Gasteiger partial charge on any atom is -0.327 e. The van der Waals surface area contributed by atoms with Gasteiger partial charge in [-0.25, -0.2) is 0 Å². The van der Waals surface area contributed by atoms with Crippen LogP contribution >= 0.6 is 0 Å². The van der Waals surface area contributed by atoms with E-state index in [0.29, 0.717) is 0 Å². The Labute approximate surface area is 103 Å². The number of benzene rings is 2. The summed E-state index contributed by atoms with van der Waals surface area (Å²) in [7, 11) is 0. The molecule has 0 spiro atoms. The summed E-state index contributed by atoms with van der Waals surface area (Å²) >= 11 is 0. The van der Waals surface area contributed by atoms with E-state index < -0.39 is 0 Å². The third-order valence-electron chi connectivity index (χ3n) is 2.97. The van der Waals surface area contributed by atoms with Crippen LogP contribution < -0.4 is 5.73 Å². The lowest BCUT2D eigenvalue weighted by Crippen LogP contribution is -2.22. The molecule has 2 N–H and O–H groups in total. The fourth-order valence-electron chi connectivity index (χ4n) is 2.04. The van der Waals surface area contributed by atoms with Crippen molar-refractivity contribution in [1.29, 1.82) is 0 Å². The van der Waals surface area contributed by atoms with Gasteiger partial charge in [0.2, 0.25) is 0 Å². The van der Waals surface area contributed by atoms with E-state index in [2.05, 4.69) is 48.4 Å². The summed E-state index contributed by atoms with van der Waals surface area (Å²) in [5.41, 5.74) is 7.33. The Morgan fingerprint density at radius 2 is 1.88 bits per heavy atom. The number of hydrogen-bond donors (Lipinski definition) is 1. The van der Waals surface area contributed by atoms with Crippen molar-refractivity contribution >= 4 is 10.8 Å². The van der Waals surface area contributed by atoms with Crippen LogP contribution in [-0.4, -0.2) is 6.04 Å². The van der Waals surface area contributed by atoms with E-state index in [4.69, 9.17) is 12.2 Å². The molecular weight excluding hydrogens is 206 g/mol. The molecule has 0 heterocycles. The van der Waals surface area contributed by atoms with Crippen molar-refractivity contribution in [3.05, 3.63) is 48.0 Å². The van der Waals surface area contributed by atoms with Crippen molar-refractivity contribution < 1.29 is 0 Å². The lowest BCUT2D eigenvalue weighted by molar-refractivity contribution is 0.623. The first-order valence-corrected chi connectivity index (χ1v) is 5.96. The second-order valence-electron chi connectivity index (χ2n) is 4.39. The molecule has 2 aromatic rings. The number of terminal acetylenes is 1. The molecule has 0 saturated carbocycles. The lowest BCUT2D eigenvalue weighted by Gasteiger charge is -2.10. The third kappa shape index (κ3) is 3.09. The number of fused-ring (bicyclic) bond motifs is 1. The van der Waals surface area contributed by atoms with E-state index in [9.17, 15) is 0 Å². The first-order valence-electron chi connectivity index (χ1n) is 5.96. The molecule has 0 saturated heterocycles. The summed E-state index contributed by atoms with van der Waals surface area (Å²) in [6, 6.07) is 15.0. The minimum atomic E-state index is 0.159. The second-order valence-corrected chi connectivity index (χ2v) is 4.39. The molecule has 17 heavy (non-hydrogen) atoms. The fourth-order valence-corrected chi connectivity index (χ4v) is 2.04. The van der Waals surface area contributed by atoms with Gasteiger partial charge in [0.05, 0.1) is 0 Å². The maximum absolute atomic E-state index is 6.04. The van der Waals surface area contributed by atoms with E-state index in [1.807, 2.05) is 0 Å². The van der Waals surface area contributed by atoms with Crippen LogP contribution in [0.1, 0.15) is 18.4 Å². The zero-order chi connectivity index (χ0) is 12.1. The molecule has 1 heteroatoms. The summed E-state index contributed by atoms with van der Waals surface area (Å²) in [6.45, 7) is 0. The van der Waals surface area contributed by atoms with Crippen LogP contribution in [-0.2, 0) is 6.42 Å². The third-order valence-corrected chi connectivity index (χ3v) is 2.97. The molecule has 0 aromatic heterocycles. The fraction of sp³-hybridized carbons (Fsp3) is 0.250. The van der Waals surface area contributed by atoms with Crippen molar-refractivity contribution in [2.75, 3.05) is 0 Å². The molecule has 0 aliphatic heterocycles. The Morgan fingerprint density at radius 3 is 2.65 bits per heavy atom. The number of nitrogens with two attached hydrogens (primary N) is 1. The molecule has 0 aliphatic rings. The van der Waals surface area contributed by atoms with Crippen LogP contribution in [0.2, 0.25) is 0 Å². The van der Waals surface area contributed by atoms with E-state index in [-0.39, 0.29) is 6.04 Å². The second kappa shape index (κ2) is 5.52. The average molecular weight is 223 g/mol. The Hall–Kier alpha value is -1.78. The van der Waals surface area contributed by atoms with Gasteiger partial charge in [0.1, 0.15) is 0 Å². The Kier molecular flexibility index (Phi) is 3.80. The summed E-state index contributed by atoms with van der Waals surface area (Å²) in [5.74, 6) is 2.63. The highest BCUT2D eigenvalue weighted by Gasteiger charge is 2.03. The molecule has 2 rings (SSSR count). The Morgan fingerprint density at radius 1 is 1.12 bits per heavy atom. The van der Waals surface area contributed by atoms with Gasteiger partial charge in [0.25, 0.3) is 0 Å². The molecule has 0 bridgehead atoms. The van der Waals surface area contributed by atoms with Crippen LogP contribution in [0, 0.1) is 12.3 Å². The topological polar surface area (TPSA) is 26.0 Å². The van der Waals surface area contributed by atoms with Crippen LogP contribution in [0.25, 0.3) is 10.8 Å². The molecule has 0 amide bonds. The van der Waals surface area contributed by atoms with Gasteiger partial charge in [-0.15, -0.1) is 12.3 Å².